The number of Topliss-reactive ketones (excluding diaryl/α,β-unsaturated/α-hetero) is 2. The van der Waals surface area contributed by atoms with Crippen molar-refractivity contribution in [2.24, 2.45) is 0 Å². The minimum Gasteiger partial charge on any atom is -0.492 e. The number of hydrogen-bond donors (Lipinski definition) is 0. The highest BCUT2D eigenvalue weighted by molar-refractivity contribution is 6.26. The van der Waals surface area contributed by atoms with Crippen LogP contribution in [0.2, 0.25) is 0 Å². The summed E-state index contributed by atoms with van der Waals surface area (Å²) in [6, 6.07) is 5.33. The van der Waals surface area contributed by atoms with Crippen molar-refractivity contribution >= 4 is 11.6 Å². The quantitative estimate of drug-likeness (QED) is 0.820. The molecule has 94 valence electrons. The van der Waals surface area contributed by atoms with E-state index < -0.39 is 0 Å². The number of hydrogen-bond acceptors (Lipinski definition) is 3. The van der Waals surface area contributed by atoms with Gasteiger partial charge >= 0.3 is 0 Å². The summed E-state index contributed by atoms with van der Waals surface area (Å²) in [5.41, 5.74) is 2.41. The maximum Gasteiger partial charge on any atom is 0.228 e. The SMILES string of the molecule is CCCC1=C(OC)C(=O)c2cc(C)ccc2C1=O. The standard InChI is InChI=1S/C15H16O3/c1-4-5-11-13(16)10-7-6-9(2)8-12(10)14(17)15(11)18-3/h6-8H,4-5H2,1-3H3. The van der Waals surface area contributed by atoms with Crippen LogP contribution in [-0.2, 0) is 4.74 Å². The van der Waals surface area contributed by atoms with Gasteiger partial charge in [0.1, 0.15) is 0 Å². The molecule has 1 aromatic rings. The number of carbonyl (C=O) groups excluding carboxylic acids is 2. The Morgan fingerprint density at radius 1 is 1.11 bits per heavy atom. The zero-order valence-corrected chi connectivity index (χ0v) is 10.9. The summed E-state index contributed by atoms with van der Waals surface area (Å²) >= 11 is 0. The molecule has 0 saturated carbocycles. The molecule has 0 amide bonds. The number of methoxy groups -OCH3 is 1. The van der Waals surface area contributed by atoms with Gasteiger partial charge in [-0.2, -0.15) is 0 Å². The number of rotatable bonds is 3. The van der Waals surface area contributed by atoms with Crippen LogP contribution in [0.3, 0.4) is 0 Å². The van der Waals surface area contributed by atoms with E-state index in [1.54, 1.807) is 12.1 Å². The third kappa shape index (κ3) is 1.86. The number of allylic oxidation sites excluding steroid dienone is 2. The van der Waals surface area contributed by atoms with Crippen LogP contribution in [0.5, 0.6) is 0 Å². The molecule has 2 rings (SSSR count). The summed E-state index contributed by atoms with van der Waals surface area (Å²) in [5.74, 6) is -0.0532. The van der Waals surface area contributed by atoms with Gasteiger partial charge in [0, 0.05) is 16.7 Å². The first-order valence-corrected chi connectivity index (χ1v) is 6.07. The van der Waals surface area contributed by atoms with E-state index in [1.807, 2.05) is 19.9 Å². The second kappa shape index (κ2) is 4.77. The maximum atomic E-state index is 12.3. The summed E-state index contributed by atoms with van der Waals surface area (Å²) in [4.78, 5) is 24.6. The van der Waals surface area contributed by atoms with Crippen LogP contribution in [0, 0.1) is 6.92 Å². The summed E-state index contributed by atoms with van der Waals surface area (Å²) < 4.78 is 5.14. The largest absolute Gasteiger partial charge is 0.492 e. The Morgan fingerprint density at radius 2 is 1.83 bits per heavy atom. The highest BCUT2D eigenvalue weighted by atomic mass is 16.5. The topological polar surface area (TPSA) is 43.4 Å². The van der Waals surface area contributed by atoms with Crippen molar-refractivity contribution in [3.8, 4) is 0 Å². The molecule has 0 radical (unpaired) electrons. The van der Waals surface area contributed by atoms with Crippen LogP contribution in [0.1, 0.15) is 46.0 Å². The number of carbonyl (C=O) groups is 2. The van der Waals surface area contributed by atoms with Crippen molar-refractivity contribution in [3.05, 3.63) is 46.2 Å². The van der Waals surface area contributed by atoms with E-state index in [0.717, 1.165) is 12.0 Å². The number of aryl methyl sites for hydroxylation is 1. The average molecular weight is 244 g/mol. The van der Waals surface area contributed by atoms with Crippen molar-refractivity contribution in [3.63, 3.8) is 0 Å². The fourth-order valence-corrected chi connectivity index (χ4v) is 2.26. The molecule has 0 saturated heterocycles. The Hall–Kier alpha value is -1.90. The zero-order chi connectivity index (χ0) is 13.3. The van der Waals surface area contributed by atoms with Crippen molar-refractivity contribution in [1.82, 2.24) is 0 Å². The second-order valence-corrected chi connectivity index (χ2v) is 4.47. The fourth-order valence-electron chi connectivity index (χ4n) is 2.26. The van der Waals surface area contributed by atoms with Crippen molar-refractivity contribution in [1.29, 1.82) is 0 Å². The predicted octanol–water partition coefficient (Wildman–Crippen LogP) is 3.07. The third-order valence-corrected chi connectivity index (χ3v) is 3.12. The molecular formula is C15H16O3. The van der Waals surface area contributed by atoms with Gasteiger partial charge in [-0.15, -0.1) is 0 Å². The third-order valence-electron chi connectivity index (χ3n) is 3.12. The monoisotopic (exact) mass is 244 g/mol. The molecule has 1 aromatic carbocycles. The first kappa shape index (κ1) is 12.6. The lowest BCUT2D eigenvalue weighted by atomic mass is 9.85. The van der Waals surface area contributed by atoms with E-state index in [4.69, 9.17) is 4.74 Å². The van der Waals surface area contributed by atoms with Crippen LogP contribution in [-0.4, -0.2) is 18.7 Å². The smallest absolute Gasteiger partial charge is 0.228 e. The Bertz CT molecular complexity index is 553. The molecule has 1 aliphatic carbocycles. The molecule has 0 heterocycles. The molecule has 18 heavy (non-hydrogen) atoms. The number of benzene rings is 1. The molecule has 0 bridgehead atoms. The lowest BCUT2D eigenvalue weighted by molar-refractivity contribution is 0.0902. The summed E-state index contributed by atoms with van der Waals surface area (Å²) in [6.07, 6.45) is 1.38. The lowest BCUT2D eigenvalue weighted by Crippen LogP contribution is -2.23. The Kier molecular flexibility index (Phi) is 3.32. The predicted molar refractivity (Wildman–Crippen MR) is 68.8 cm³/mol. The minimum atomic E-state index is -0.181. The van der Waals surface area contributed by atoms with Gasteiger partial charge in [0.05, 0.1) is 7.11 Å². The highest BCUT2D eigenvalue weighted by Crippen LogP contribution is 2.29. The number of ketones is 2. The molecule has 3 heteroatoms. The Morgan fingerprint density at radius 3 is 2.44 bits per heavy atom. The van der Waals surface area contributed by atoms with Gasteiger partial charge in [0.2, 0.25) is 5.78 Å². The van der Waals surface area contributed by atoms with E-state index in [2.05, 4.69) is 0 Å². The van der Waals surface area contributed by atoms with Gasteiger partial charge in [0.15, 0.2) is 11.5 Å². The van der Waals surface area contributed by atoms with Crippen molar-refractivity contribution in [2.75, 3.05) is 7.11 Å². The number of ether oxygens (including phenoxy) is 1. The molecule has 0 N–H and O–H groups in total. The normalized spacial score (nSPS) is 14.8. The van der Waals surface area contributed by atoms with Crippen LogP contribution in [0.4, 0.5) is 0 Å². The zero-order valence-electron chi connectivity index (χ0n) is 10.9. The minimum absolute atomic E-state index is 0.0803. The van der Waals surface area contributed by atoms with E-state index >= 15 is 0 Å². The molecule has 0 fully saturated rings. The van der Waals surface area contributed by atoms with E-state index in [9.17, 15) is 9.59 Å². The molecule has 0 unspecified atom stereocenters. The molecule has 0 atom stereocenters. The summed E-state index contributed by atoms with van der Waals surface area (Å²) in [5, 5.41) is 0. The van der Waals surface area contributed by atoms with Crippen LogP contribution >= 0.6 is 0 Å². The lowest BCUT2D eigenvalue weighted by Gasteiger charge is -2.20. The van der Waals surface area contributed by atoms with E-state index in [-0.39, 0.29) is 17.3 Å². The first-order valence-electron chi connectivity index (χ1n) is 6.07. The van der Waals surface area contributed by atoms with E-state index in [1.165, 1.54) is 7.11 Å². The van der Waals surface area contributed by atoms with Crippen molar-refractivity contribution in [2.45, 2.75) is 26.7 Å². The van der Waals surface area contributed by atoms with Gasteiger partial charge < -0.3 is 4.74 Å². The van der Waals surface area contributed by atoms with Gasteiger partial charge in [0.25, 0.3) is 0 Å². The van der Waals surface area contributed by atoms with Crippen LogP contribution < -0.4 is 0 Å². The maximum absolute atomic E-state index is 12.3. The fraction of sp³-hybridized carbons (Fsp3) is 0.333. The molecule has 0 spiro atoms. The van der Waals surface area contributed by atoms with Gasteiger partial charge in [-0.1, -0.05) is 31.0 Å². The molecule has 0 aromatic heterocycles. The first-order chi connectivity index (χ1) is 8.60. The van der Waals surface area contributed by atoms with Gasteiger partial charge in [-0.25, -0.2) is 0 Å². The van der Waals surface area contributed by atoms with Crippen LogP contribution in [0.25, 0.3) is 0 Å². The molecule has 3 nitrogen and oxygen atoms in total. The van der Waals surface area contributed by atoms with Crippen molar-refractivity contribution < 1.29 is 14.3 Å². The van der Waals surface area contributed by atoms with E-state index in [0.29, 0.717) is 23.1 Å². The second-order valence-electron chi connectivity index (χ2n) is 4.47. The summed E-state index contributed by atoms with van der Waals surface area (Å²) in [7, 11) is 1.44. The molecular weight excluding hydrogens is 228 g/mol. The highest BCUT2D eigenvalue weighted by Gasteiger charge is 2.32. The van der Waals surface area contributed by atoms with Gasteiger partial charge in [-0.3, -0.25) is 9.59 Å². The summed E-state index contributed by atoms with van der Waals surface area (Å²) in [6.45, 7) is 3.87. The number of fused-ring (bicyclic) bond motifs is 1. The average Bonchev–Trinajstić information content (AvgIpc) is 2.36. The van der Waals surface area contributed by atoms with Crippen LogP contribution in [0.15, 0.2) is 29.5 Å². The Labute approximate surface area is 106 Å². The Balaban J connectivity index is 2.62. The molecule has 0 aliphatic heterocycles. The molecule has 1 aliphatic rings. The van der Waals surface area contributed by atoms with Gasteiger partial charge in [-0.05, 0) is 19.4 Å².